The van der Waals surface area contributed by atoms with Crippen LogP contribution in [0.4, 0.5) is 0 Å². The average molecular weight is 271 g/mol. The molecule has 2 aromatic rings. The highest BCUT2D eigenvalue weighted by atomic mass is 16.2. The number of nitrogens with zero attached hydrogens (tertiary/aromatic N) is 4. The Hall–Kier alpha value is -2.21. The van der Waals surface area contributed by atoms with Gasteiger partial charge in [-0.05, 0) is 31.2 Å². The van der Waals surface area contributed by atoms with Gasteiger partial charge in [-0.15, -0.1) is 10.2 Å². The molecule has 1 aromatic carbocycles. The van der Waals surface area contributed by atoms with Crippen molar-refractivity contribution in [2.75, 3.05) is 19.6 Å². The molecule has 2 heterocycles. The summed E-state index contributed by atoms with van der Waals surface area (Å²) in [6.07, 6.45) is 3.27. The molecule has 0 saturated carbocycles. The molecule has 0 radical (unpaired) electrons. The molecule has 1 fully saturated rings. The van der Waals surface area contributed by atoms with Crippen molar-refractivity contribution in [1.82, 2.24) is 25.0 Å². The highest BCUT2D eigenvalue weighted by Gasteiger charge is 2.21. The summed E-state index contributed by atoms with van der Waals surface area (Å²) in [5.41, 5.74) is 1.66. The fraction of sp³-hybridized carbons (Fsp3) is 0.357. The predicted octanol–water partition coefficient (Wildman–Crippen LogP) is 0.701. The first kappa shape index (κ1) is 12.8. The van der Waals surface area contributed by atoms with Crippen LogP contribution in [0, 0.1) is 0 Å². The minimum Gasteiger partial charge on any atom is -0.336 e. The molecule has 1 aliphatic rings. The Kier molecular flexibility index (Phi) is 3.47. The molecule has 1 N–H and O–H groups in total. The lowest BCUT2D eigenvalue weighted by atomic mass is 10.1. The van der Waals surface area contributed by atoms with Crippen molar-refractivity contribution in [2.24, 2.45) is 0 Å². The van der Waals surface area contributed by atoms with Crippen molar-refractivity contribution in [3.05, 3.63) is 42.5 Å². The first-order valence-electron chi connectivity index (χ1n) is 6.72. The van der Waals surface area contributed by atoms with Gasteiger partial charge in [-0.3, -0.25) is 9.36 Å². The molecule has 6 heteroatoms. The van der Waals surface area contributed by atoms with Gasteiger partial charge in [0.15, 0.2) is 0 Å². The topological polar surface area (TPSA) is 63.1 Å². The van der Waals surface area contributed by atoms with Crippen LogP contribution in [0.1, 0.15) is 17.3 Å². The molecule has 20 heavy (non-hydrogen) atoms. The van der Waals surface area contributed by atoms with E-state index in [9.17, 15) is 4.79 Å². The van der Waals surface area contributed by atoms with Crippen LogP contribution in [0.2, 0.25) is 0 Å². The number of nitrogens with one attached hydrogen (secondary N) is 1. The summed E-state index contributed by atoms with van der Waals surface area (Å²) in [6, 6.07) is 7.86. The zero-order valence-electron chi connectivity index (χ0n) is 11.4. The Morgan fingerprint density at radius 3 is 2.60 bits per heavy atom. The standard InChI is InChI=1S/C14H17N5O/c1-11-8-18(7-6-15-11)14(20)12-2-4-13(5-3-12)19-9-16-17-10-19/h2-5,9-11,15H,6-8H2,1H3. The molecular weight excluding hydrogens is 254 g/mol. The Bertz CT molecular complexity index is 578. The van der Waals surface area contributed by atoms with E-state index < -0.39 is 0 Å². The summed E-state index contributed by atoms with van der Waals surface area (Å²) in [5.74, 6) is 0.0913. The van der Waals surface area contributed by atoms with Crippen molar-refractivity contribution < 1.29 is 4.79 Å². The second-order valence-corrected chi connectivity index (χ2v) is 5.02. The van der Waals surface area contributed by atoms with Crippen molar-refractivity contribution in [3.63, 3.8) is 0 Å². The van der Waals surface area contributed by atoms with Crippen molar-refractivity contribution in [3.8, 4) is 5.69 Å². The Labute approximate surface area is 117 Å². The van der Waals surface area contributed by atoms with Gasteiger partial charge < -0.3 is 10.2 Å². The van der Waals surface area contributed by atoms with Gasteiger partial charge in [0.05, 0.1) is 0 Å². The minimum absolute atomic E-state index is 0.0913. The first-order valence-corrected chi connectivity index (χ1v) is 6.72. The number of carbonyl (C=O) groups excluding carboxylic acids is 1. The molecule has 0 spiro atoms. The molecule has 3 rings (SSSR count). The molecule has 104 valence electrons. The van der Waals surface area contributed by atoms with E-state index in [0.717, 1.165) is 30.9 Å². The highest BCUT2D eigenvalue weighted by molar-refractivity contribution is 5.94. The molecule has 0 bridgehead atoms. The number of carbonyl (C=O) groups is 1. The van der Waals surface area contributed by atoms with Crippen LogP contribution >= 0.6 is 0 Å². The number of benzene rings is 1. The zero-order chi connectivity index (χ0) is 13.9. The lowest BCUT2D eigenvalue weighted by molar-refractivity contribution is 0.0709. The maximum absolute atomic E-state index is 12.4. The van der Waals surface area contributed by atoms with Crippen LogP contribution in [0.3, 0.4) is 0 Å². The van der Waals surface area contributed by atoms with E-state index in [-0.39, 0.29) is 5.91 Å². The highest BCUT2D eigenvalue weighted by Crippen LogP contribution is 2.12. The third-order valence-electron chi connectivity index (χ3n) is 3.49. The fourth-order valence-electron chi connectivity index (χ4n) is 2.41. The molecule has 6 nitrogen and oxygen atoms in total. The molecule has 1 atom stereocenters. The lowest BCUT2D eigenvalue weighted by Crippen LogP contribution is -2.51. The first-order chi connectivity index (χ1) is 9.74. The van der Waals surface area contributed by atoms with Crippen LogP contribution < -0.4 is 5.32 Å². The zero-order valence-corrected chi connectivity index (χ0v) is 11.4. The normalized spacial score (nSPS) is 19.1. The average Bonchev–Trinajstić information content (AvgIpc) is 3.01. The van der Waals surface area contributed by atoms with Gasteiger partial charge in [-0.1, -0.05) is 0 Å². The van der Waals surface area contributed by atoms with E-state index in [4.69, 9.17) is 0 Å². The lowest BCUT2D eigenvalue weighted by Gasteiger charge is -2.32. The van der Waals surface area contributed by atoms with Crippen LogP contribution in [0.5, 0.6) is 0 Å². The Balaban J connectivity index is 1.75. The summed E-state index contributed by atoms with van der Waals surface area (Å²) in [5, 5.41) is 10.9. The number of piperazine rings is 1. The summed E-state index contributed by atoms with van der Waals surface area (Å²) >= 11 is 0. The predicted molar refractivity (Wildman–Crippen MR) is 74.7 cm³/mol. The monoisotopic (exact) mass is 271 g/mol. The van der Waals surface area contributed by atoms with Gasteiger partial charge in [-0.25, -0.2) is 0 Å². The van der Waals surface area contributed by atoms with Crippen LogP contribution in [-0.2, 0) is 0 Å². The van der Waals surface area contributed by atoms with E-state index in [0.29, 0.717) is 6.04 Å². The number of amides is 1. The van der Waals surface area contributed by atoms with E-state index in [1.54, 1.807) is 17.2 Å². The van der Waals surface area contributed by atoms with Crippen molar-refractivity contribution in [2.45, 2.75) is 13.0 Å². The fourth-order valence-corrected chi connectivity index (χ4v) is 2.41. The van der Waals surface area contributed by atoms with E-state index in [2.05, 4.69) is 22.4 Å². The van der Waals surface area contributed by atoms with Crippen LogP contribution in [0.25, 0.3) is 5.69 Å². The molecule has 0 aliphatic carbocycles. The quantitative estimate of drug-likeness (QED) is 0.873. The van der Waals surface area contributed by atoms with Crippen molar-refractivity contribution in [1.29, 1.82) is 0 Å². The maximum Gasteiger partial charge on any atom is 0.253 e. The number of hydrogen-bond acceptors (Lipinski definition) is 4. The van der Waals surface area contributed by atoms with Crippen LogP contribution in [-0.4, -0.2) is 51.2 Å². The van der Waals surface area contributed by atoms with Crippen molar-refractivity contribution >= 4 is 5.91 Å². The molecule has 1 aliphatic heterocycles. The molecule has 1 aromatic heterocycles. The number of rotatable bonds is 2. The summed E-state index contributed by atoms with van der Waals surface area (Å²) < 4.78 is 1.81. The largest absolute Gasteiger partial charge is 0.336 e. The SMILES string of the molecule is CC1CN(C(=O)c2ccc(-n3cnnc3)cc2)CCN1. The van der Waals surface area contributed by atoms with E-state index in [1.165, 1.54) is 0 Å². The van der Waals surface area contributed by atoms with Gasteiger partial charge in [0.25, 0.3) is 5.91 Å². The van der Waals surface area contributed by atoms with Gasteiger partial charge in [0.2, 0.25) is 0 Å². The second kappa shape index (κ2) is 5.42. The van der Waals surface area contributed by atoms with Gasteiger partial charge in [0, 0.05) is 36.9 Å². The molecule has 1 saturated heterocycles. The third-order valence-corrected chi connectivity index (χ3v) is 3.49. The minimum atomic E-state index is 0.0913. The number of hydrogen-bond donors (Lipinski definition) is 1. The third kappa shape index (κ3) is 2.55. The molecule has 1 amide bonds. The van der Waals surface area contributed by atoms with Gasteiger partial charge >= 0.3 is 0 Å². The van der Waals surface area contributed by atoms with E-state index in [1.807, 2.05) is 29.2 Å². The summed E-state index contributed by atoms with van der Waals surface area (Å²) in [7, 11) is 0. The smallest absolute Gasteiger partial charge is 0.253 e. The maximum atomic E-state index is 12.4. The summed E-state index contributed by atoms with van der Waals surface area (Å²) in [6.45, 7) is 4.46. The second-order valence-electron chi connectivity index (χ2n) is 5.02. The Morgan fingerprint density at radius 2 is 1.95 bits per heavy atom. The van der Waals surface area contributed by atoms with Gasteiger partial charge in [0.1, 0.15) is 12.7 Å². The number of aromatic nitrogens is 3. The molecule has 1 unspecified atom stereocenters. The molecular formula is C14H17N5O. The summed E-state index contributed by atoms with van der Waals surface area (Å²) in [4.78, 5) is 14.3. The Morgan fingerprint density at radius 1 is 1.25 bits per heavy atom. The van der Waals surface area contributed by atoms with Gasteiger partial charge in [-0.2, -0.15) is 0 Å². The van der Waals surface area contributed by atoms with Crippen LogP contribution in [0.15, 0.2) is 36.9 Å². The van der Waals surface area contributed by atoms with E-state index >= 15 is 0 Å².